The van der Waals surface area contributed by atoms with Gasteiger partial charge < -0.3 is 10.4 Å². The number of sulfonamides is 1. The van der Waals surface area contributed by atoms with Gasteiger partial charge in [0.25, 0.3) is 5.91 Å². The first-order valence-electron chi connectivity index (χ1n) is 9.43. The largest absolute Gasteiger partial charge is 0.481 e. The van der Waals surface area contributed by atoms with Crippen LogP contribution in [0.5, 0.6) is 0 Å². The van der Waals surface area contributed by atoms with E-state index in [0.717, 1.165) is 25.7 Å². The number of amides is 1. The number of nitrogens with one attached hydrogen (secondary N) is 1. The molecule has 1 aromatic rings. The van der Waals surface area contributed by atoms with Crippen LogP contribution in [0.2, 0.25) is 0 Å². The van der Waals surface area contributed by atoms with Gasteiger partial charge in [0.05, 0.1) is 4.90 Å². The summed E-state index contributed by atoms with van der Waals surface area (Å²) in [6, 6.07) is 4.75. The molecular formula is C19H28N2O5S. The normalized spacial score (nSPS) is 15.4. The maximum atomic E-state index is 12.9. The average molecular weight is 397 g/mol. The fourth-order valence-corrected chi connectivity index (χ4v) is 4.91. The van der Waals surface area contributed by atoms with Crippen LogP contribution in [0.3, 0.4) is 0 Å². The number of hydrogen-bond donors (Lipinski definition) is 2. The number of carbonyl (C=O) groups is 2. The maximum absolute atomic E-state index is 12.9. The van der Waals surface area contributed by atoms with Crippen molar-refractivity contribution in [2.45, 2.75) is 56.8 Å². The monoisotopic (exact) mass is 396 g/mol. The first kappa shape index (κ1) is 21.4. The van der Waals surface area contributed by atoms with Crippen molar-refractivity contribution in [1.29, 1.82) is 0 Å². The Morgan fingerprint density at radius 1 is 1.11 bits per heavy atom. The molecule has 27 heavy (non-hydrogen) atoms. The first-order chi connectivity index (χ1) is 12.8. The van der Waals surface area contributed by atoms with Crippen molar-refractivity contribution in [3.05, 3.63) is 29.3 Å². The highest BCUT2D eigenvalue weighted by atomic mass is 32.2. The summed E-state index contributed by atoms with van der Waals surface area (Å²) in [5.41, 5.74) is 0.951. The van der Waals surface area contributed by atoms with Crippen molar-refractivity contribution in [2.75, 3.05) is 19.6 Å². The minimum Gasteiger partial charge on any atom is -0.481 e. The van der Waals surface area contributed by atoms with Crippen LogP contribution in [0, 0.1) is 6.92 Å². The van der Waals surface area contributed by atoms with E-state index < -0.39 is 16.0 Å². The molecule has 0 unspecified atom stereocenters. The number of nitrogens with zero attached hydrogens (tertiary/aromatic N) is 1. The summed E-state index contributed by atoms with van der Waals surface area (Å²) in [7, 11) is -3.59. The van der Waals surface area contributed by atoms with E-state index in [-0.39, 0.29) is 17.2 Å². The Labute approximate surface area is 160 Å². The van der Waals surface area contributed by atoms with Crippen molar-refractivity contribution in [3.8, 4) is 0 Å². The number of aliphatic carboxylic acids is 1. The second kappa shape index (κ2) is 9.85. The number of benzene rings is 1. The van der Waals surface area contributed by atoms with E-state index in [1.807, 2.05) is 0 Å². The highest BCUT2D eigenvalue weighted by Gasteiger charge is 2.28. The van der Waals surface area contributed by atoms with E-state index in [1.165, 1.54) is 10.4 Å². The van der Waals surface area contributed by atoms with Gasteiger partial charge in [0.15, 0.2) is 0 Å². The molecule has 0 bridgehead atoms. The van der Waals surface area contributed by atoms with E-state index >= 15 is 0 Å². The number of rotatable bonds is 9. The Hall–Kier alpha value is -1.93. The molecule has 0 spiro atoms. The van der Waals surface area contributed by atoms with Crippen LogP contribution >= 0.6 is 0 Å². The standard InChI is InChI=1S/C19H28N2O5S/c1-15-9-10-16(19(24)20-11-5-2-4-8-18(22)23)14-17(15)27(25,26)21-12-6-3-7-13-21/h9-10,14H,2-8,11-13H2,1H3,(H,20,24)(H,22,23). The van der Waals surface area contributed by atoms with Crippen LogP contribution in [-0.2, 0) is 14.8 Å². The minimum atomic E-state index is -3.59. The molecule has 1 aliphatic rings. The highest BCUT2D eigenvalue weighted by Crippen LogP contribution is 2.24. The third-order valence-electron chi connectivity index (χ3n) is 4.74. The van der Waals surface area contributed by atoms with Crippen LogP contribution in [0.1, 0.15) is 60.9 Å². The van der Waals surface area contributed by atoms with Crippen LogP contribution in [0.15, 0.2) is 23.1 Å². The minimum absolute atomic E-state index is 0.129. The zero-order valence-corrected chi connectivity index (χ0v) is 16.6. The molecule has 150 valence electrons. The first-order valence-corrected chi connectivity index (χ1v) is 10.9. The van der Waals surface area contributed by atoms with Crippen LogP contribution in [0.4, 0.5) is 0 Å². The predicted octanol–water partition coefficient (Wildman–Crippen LogP) is 2.54. The lowest BCUT2D eigenvalue weighted by molar-refractivity contribution is -0.137. The number of aryl methyl sites for hydroxylation is 1. The third kappa shape index (κ3) is 6.04. The number of piperidine rings is 1. The molecule has 2 N–H and O–H groups in total. The molecule has 1 saturated heterocycles. The van der Waals surface area contributed by atoms with E-state index in [1.54, 1.807) is 19.1 Å². The molecule has 8 heteroatoms. The van der Waals surface area contributed by atoms with Gasteiger partial charge in [-0.3, -0.25) is 9.59 Å². The smallest absolute Gasteiger partial charge is 0.303 e. The fourth-order valence-electron chi connectivity index (χ4n) is 3.15. The molecule has 0 aliphatic carbocycles. The lowest BCUT2D eigenvalue weighted by atomic mass is 10.1. The molecule has 0 saturated carbocycles. The Kier molecular flexibility index (Phi) is 7.79. The third-order valence-corrected chi connectivity index (χ3v) is 6.78. The summed E-state index contributed by atoms with van der Waals surface area (Å²) in [4.78, 5) is 23.0. The number of carbonyl (C=O) groups excluding carboxylic acids is 1. The number of carboxylic acid groups (broad SMARTS) is 1. The lowest BCUT2D eigenvalue weighted by Gasteiger charge is -2.26. The van der Waals surface area contributed by atoms with Gasteiger partial charge in [-0.2, -0.15) is 4.31 Å². The van der Waals surface area contributed by atoms with Gasteiger partial charge in [-0.05, 0) is 50.3 Å². The molecule has 1 aromatic carbocycles. The zero-order chi connectivity index (χ0) is 19.9. The Morgan fingerprint density at radius 3 is 2.48 bits per heavy atom. The summed E-state index contributed by atoms with van der Waals surface area (Å²) >= 11 is 0. The van der Waals surface area contributed by atoms with Gasteiger partial charge in [-0.1, -0.05) is 18.9 Å². The SMILES string of the molecule is Cc1ccc(C(=O)NCCCCCC(=O)O)cc1S(=O)(=O)N1CCCCC1. The van der Waals surface area contributed by atoms with Crippen molar-refractivity contribution < 1.29 is 23.1 Å². The van der Waals surface area contributed by atoms with E-state index in [4.69, 9.17) is 5.11 Å². The average Bonchev–Trinajstić information content (AvgIpc) is 2.65. The Morgan fingerprint density at radius 2 is 1.81 bits per heavy atom. The number of unbranched alkanes of at least 4 members (excludes halogenated alkanes) is 2. The van der Waals surface area contributed by atoms with Crippen molar-refractivity contribution in [3.63, 3.8) is 0 Å². The number of carboxylic acids is 1. The van der Waals surface area contributed by atoms with Gasteiger partial charge in [0.1, 0.15) is 0 Å². The second-order valence-corrected chi connectivity index (χ2v) is 8.81. The summed E-state index contributed by atoms with van der Waals surface area (Å²) < 4.78 is 27.3. The molecule has 1 aliphatic heterocycles. The molecule has 0 radical (unpaired) electrons. The number of hydrogen-bond acceptors (Lipinski definition) is 4. The molecular weight excluding hydrogens is 368 g/mol. The molecule has 0 aromatic heterocycles. The van der Waals surface area contributed by atoms with E-state index in [2.05, 4.69) is 5.32 Å². The predicted molar refractivity (Wildman–Crippen MR) is 102 cm³/mol. The molecule has 1 heterocycles. The Balaban J connectivity index is 1.99. The molecule has 1 amide bonds. The van der Waals surface area contributed by atoms with E-state index in [9.17, 15) is 18.0 Å². The van der Waals surface area contributed by atoms with Crippen LogP contribution < -0.4 is 5.32 Å². The summed E-state index contributed by atoms with van der Waals surface area (Å²) in [5.74, 6) is -1.13. The van der Waals surface area contributed by atoms with Gasteiger partial charge in [0.2, 0.25) is 10.0 Å². The quantitative estimate of drug-likeness (QED) is 0.624. The van der Waals surface area contributed by atoms with Crippen LogP contribution in [-0.4, -0.2) is 49.3 Å². The van der Waals surface area contributed by atoms with E-state index in [0.29, 0.717) is 43.6 Å². The fraction of sp³-hybridized carbons (Fsp3) is 0.579. The van der Waals surface area contributed by atoms with Crippen LogP contribution in [0.25, 0.3) is 0 Å². The molecule has 7 nitrogen and oxygen atoms in total. The van der Waals surface area contributed by atoms with Gasteiger partial charge in [-0.15, -0.1) is 0 Å². The van der Waals surface area contributed by atoms with Crippen molar-refractivity contribution in [1.82, 2.24) is 9.62 Å². The topological polar surface area (TPSA) is 104 Å². The van der Waals surface area contributed by atoms with Crippen molar-refractivity contribution >= 4 is 21.9 Å². The highest BCUT2D eigenvalue weighted by molar-refractivity contribution is 7.89. The van der Waals surface area contributed by atoms with Gasteiger partial charge in [0, 0.05) is 31.6 Å². The molecule has 0 atom stereocenters. The molecule has 1 fully saturated rings. The lowest BCUT2D eigenvalue weighted by Crippen LogP contribution is -2.36. The maximum Gasteiger partial charge on any atom is 0.303 e. The zero-order valence-electron chi connectivity index (χ0n) is 15.7. The summed E-state index contributed by atoms with van der Waals surface area (Å²) in [6.07, 6.45) is 4.87. The molecule has 2 rings (SSSR count). The summed E-state index contributed by atoms with van der Waals surface area (Å²) in [6.45, 7) is 3.21. The summed E-state index contributed by atoms with van der Waals surface area (Å²) in [5, 5.41) is 11.4. The Bertz CT molecular complexity index is 770. The van der Waals surface area contributed by atoms with Gasteiger partial charge in [-0.25, -0.2) is 8.42 Å². The van der Waals surface area contributed by atoms with Gasteiger partial charge >= 0.3 is 5.97 Å². The van der Waals surface area contributed by atoms with Crippen molar-refractivity contribution in [2.24, 2.45) is 0 Å². The second-order valence-electron chi connectivity index (χ2n) is 6.91.